The fraction of sp³-hybridized carbons (Fsp3) is 0.467. The number of sulfonamides is 1. The van der Waals surface area contributed by atoms with Gasteiger partial charge in [-0.1, -0.05) is 6.92 Å². The molecule has 0 spiro atoms. The zero-order chi connectivity index (χ0) is 15.0. The van der Waals surface area contributed by atoms with E-state index in [2.05, 4.69) is 4.98 Å². The van der Waals surface area contributed by atoms with Gasteiger partial charge in [0.15, 0.2) is 0 Å². The third-order valence-electron chi connectivity index (χ3n) is 4.00. The van der Waals surface area contributed by atoms with Gasteiger partial charge < -0.3 is 9.72 Å². The summed E-state index contributed by atoms with van der Waals surface area (Å²) in [5.74, 6) is 1.01. The van der Waals surface area contributed by atoms with Gasteiger partial charge >= 0.3 is 0 Å². The summed E-state index contributed by atoms with van der Waals surface area (Å²) in [4.78, 5) is 3.39. The number of benzene rings is 1. The lowest BCUT2D eigenvalue weighted by atomic mass is 10.1. The molecule has 1 aliphatic heterocycles. The summed E-state index contributed by atoms with van der Waals surface area (Å²) in [5.41, 5.74) is 3.26. The van der Waals surface area contributed by atoms with Crippen molar-refractivity contribution in [2.75, 3.05) is 19.4 Å². The average molecular weight is 308 g/mol. The van der Waals surface area contributed by atoms with Crippen LogP contribution in [-0.2, 0) is 23.0 Å². The minimum Gasteiger partial charge on any atom is -0.497 e. The van der Waals surface area contributed by atoms with E-state index in [1.807, 2.05) is 25.1 Å². The van der Waals surface area contributed by atoms with E-state index in [4.69, 9.17) is 4.74 Å². The molecule has 0 bridgehead atoms. The van der Waals surface area contributed by atoms with Crippen LogP contribution in [0, 0.1) is 0 Å². The number of aromatic amines is 1. The fourth-order valence-electron chi connectivity index (χ4n) is 2.92. The second-order valence-electron chi connectivity index (χ2n) is 5.39. The van der Waals surface area contributed by atoms with Gasteiger partial charge in [0.2, 0.25) is 10.0 Å². The maximum Gasteiger partial charge on any atom is 0.214 e. The van der Waals surface area contributed by atoms with E-state index in [0.717, 1.165) is 34.3 Å². The van der Waals surface area contributed by atoms with E-state index >= 15 is 0 Å². The molecule has 6 heteroatoms. The van der Waals surface area contributed by atoms with E-state index in [1.165, 1.54) is 0 Å². The van der Waals surface area contributed by atoms with E-state index in [9.17, 15) is 8.42 Å². The largest absolute Gasteiger partial charge is 0.497 e. The molecule has 0 radical (unpaired) electrons. The van der Waals surface area contributed by atoms with Crippen LogP contribution in [-0.4, -0.2) is 37.1 Å². The Morgan fingerprint density at radius 3 is 2.90 bits per heavy atom. The molecule has 0 saturated heterocycles. The number of nitrogens with zero attached hydrogens (tertiary/aromatic N) is 1. The molecular formula is C15H20N2O3S. The zero-order valence-corrected chi connectivity index (χ0v) is 13.2. The number of fused-ring (bicyclic) bond motifs is 3. The third-order valence-corrected chi connectivity index (χ3v) is 6.03. The molecule has 1 aromatic heterocycles. The Balaban J connectivity index is 2.01. The summed E-state index contributed by atoms with van der Waals surface area (Å²) in [5, 5.41) is 1.06. The lowest BCUT2D eigenvalue weighted by Crippen LogP contribution is -2.37. The zero-order valence-electron chi connectivity index (χ0n) is 12.3. The molecule has 0 atom stereocenters. The molecule has 0 aliphatic carbocycles. The Bertz CT molecular complexity index is 765. The number of ether oxygens (including phenoxy) is 1. The SMILES string of the molecule is CCCS(=O)(=O)N1CCc2[nH]c3ccc(OC)cc3c2C1. The van der Waals surface area contributed by atoms with Gasteiger partial charge in [-0.25, -0.2) is 8.42 Å². The fourth-order valence-corrected chi connectivity index (χ4v) is 4.39. The van der Waals surface area contributed by atoms with Crippen LogP contribution in [0.4, 0.5) is 0 Å². The number of hydrogen-bond donors (Lipinski definition) is 1. The molecular weight excluding hydrogens is 288 g/mol. The first-order chi connectivity index (χ1) is 10.0. The highest BCUT2D eigenvalue weighted by atomic mass is 32.2. The molecule has 1 N–H and O–H groups in total. The van der Waals surface area contributed by atoms with Crippen LogP contribution in [0.15, 0.2) is 18.2 Å². The van der Waals surface area contributed by atoms with Gasteiger partial charge in [-0.3, -0.25) is 0 Å². The maximum absolute atomic E-state index is 12.3. The lowest BCUT2D eigenvalue weighted by molar-refractivity contribution is 0.391. The van der Waals surface area contributed by atoms with Gasteiger partial charge in [0.05, 0.1) is 12.9 Å². The molecule has 0 saturated carbocycles. The van der Waals surface area contributed by atoms with E-state index in [1.54, 1.807) is 11.4 Å². The number of nitrogens with one attached hydrogen (secondary N) is 1. The monoisotopic (exact) mass is 308 g/mol. The minimum atomic E-state index is -3.15. The van der Waals surface area contributed by atoms with Crippen molar-refractivity contribution in [1.29, 1.82) is 0 Å². The molecule has 1 aliphatic rings. The van der Waals surface area contributed by atoms with Crippen molar-refractivity contribution in [3.63, 3.8) is 0 Å². The van der Waals surface area contributed by atoms with Crippen LogP contribution in [0.5, 0.6) is 5.75 Å². The van der Waals surface area contributed by atoms with Crippen molar-refractivity contribution in [2.45, 2.75) is 26.3 Å². The molecule has 0 fully saturated rings. The Morgan fingerprint density at radius 1 is 1.38 bits per heavy atom. The maximum atomic E-state index is 12.3. The quantitative estimate of drug-likeness (QED) is 0.942. The van der Waals surface area contributed by atoms with Crippen molar-refractivity contribution >= 4 is 20.9 Å². The summed E-state index contributed by atoms with van der Waals surface area (Å²) in [6.45, 7) is 2.90. The van der Waals surface area contributed by atoms with Crippen molar-refractivity contribution in [1.82, 2.24) is 9.29 Å². The van der Waals surface area contributed by atoms with Gasteiger partial charge in [0.25, 0.3) is 0 Å². The average Bonchev–Trinajstić information content (AvgIpc) is 2.83. The molecule has 5 nitrogen and oxygen atoms in total. The normalized spacial score (nSPS) is 16.1. The standard InChI is InChI=1S/C15H20N2O3S/c1-3-8-21(18,19)17-7-6-15-13(10-17)12-9-11(20-2)4-5-14(12)16-15/h4-5,9,16H,3,6-8,10H2,1-2H3. The van der Waals surface area contributed by atoms with Crippen LogP contribution in [0.3, 0.4) is 0 Å². The van der Waals surface area contributed by atoms with E-state index in [0.29, 0.717) is 19.5 Å². The van der Waals surface area contributed by atoms with Gasteiger partial charge in [0.1, 0.15) is 5.75 Å². The Hall–Kier alpha value is -1.53. The van der Waals surface area contributed by atoms with Crippen LogP contribution in [0.25, 0.3) is 10.9 Å². The molecule has 21 heavy (non-hydrogen) atoms. The number of H-pyrrole nitrogens is 1. The number of methoxy groups -OCH3 is 1. The highest BCUT2D eigenvalue weighted by Crippen LogP contribution is 2.31. The Morgan fingerprint density at radius 2 is 2.19 bits per heavy atom. The van der Waals surface area contributed by atoms with Crippen molar-refractivity contribution in [3.05, 3.63) is 29.5 Å². The number of aromatic nitrogens is 1. The van der Waals surface area contributed by atoms with Gasteiger partial charge in [-0.15, -0.1) is 0 Å². The molecule has 3 rings (SSSR count). The number of rotatable bonds is 4. The lowest BCUT2D eigenvalue weighted by Gasteiger charge is -2.26. The molecule has 2 aromatic rings. The van der Waals surface area contributed by atoms with Crippen molar-refractivity contribution in [2.24, 2.45) is 0 Å². The highest BCUT2D eigenvalue weighted by molar-refractivity contribution is 7.89. The van der Waals surface area contributed by atoms with Crippen molar-refractivity contribution in [3.8, 4) is 5.75 Å². The van der Waals surface area contributed by atoms with Gasteiger partial charge in [-0.05, 0) is 30.2 Å². The summed E-state index contributed by atoms with van der Waals surface area (Å²) < 4.78 is 31.4. The highest BCUT2D eigenvalue weighted by Gasteiger charge is 2.28. The summed E-state index contributed by atoms with van der Waals surface area (Å²) in [7, 11) is -1.51. The van der Waals surface area contributed by atoms with Crippen LogP contribution in [0.1, 0.15) is 24.6 Å². The van der Waals surface area contributed by atoms with Crippen LogP contribution < -0.4 is 4.74 Å². The summed E-state index contributed by atoms with van der Waals surface area (Å²) >= 11 is 0. The molecule has 1 aromatic carbocycles. The second kappa shape index (κ2) is 5.35. The van der Waals surface area contributed by atoms with Gasteiger partial charge in [-0.2, -0.15) is 4.31 Å². The Labute approximate surface area is 125 Å². The third kappa shape index (κ3) is 2.53. The topological polar surface area (TPSA) is 62.4 Å². The molecule has 0 unspecified atom stereocenters. The predicted octanol–water partition coefficient (Wildman–Crippen LogP) is 2.27. The van der Waals surface area contributed by atoms with Gasteiger partial charge in [0, 0.05) is 36.1 Å². The molecule has 114 valence electrons. The minimum absolute atomic E-state index is 0.216. The molecule has 2 heterocycles. The first kappa shape index (κ1) is 14.4. The predicted molar refractivity (Wildman–Crippen MR) is 83.0 cm³/mol. The van der Waals surface area contributed by atoms with Crippen molar-refractivity contribution < 1.29 is 13.2 Å². The first-order valence-electron chi connectivity index (χ1n) is 7.20. The summed E-state index contributed by atoms with van der Waals surface area (Å²) in [6, 6.07) is 5.87. The van der Waals surface area contributed by atoms with E-state index < -0.39 is 10.0 Å². The summed E-state index contributed by atoms with van der Waals surface area (Å²) in [6.07, 6.45) is 1.38. The first-order valence-corrected chi connectivity index (χ1v) is 8.81. The number of hydrogen-bond acceptors (Lipinski definition) is 3. The Kier molecular flexibility index (Phi) is 3.67. The van der Waals surface area contributed by atoms with Crippen LogP contribution in [0.2, 0.25) is 0 Å². The molecule has 0 amide bonds. The van der Waals surface area contributed by atoms with Crippen LogP contribution >= 0.6 is 0 Å². The smallest absolute Gasteiger partial charge is 0.214 e. The second-order valence-corrected chi connectivity index (χ2v) is 7.48. The van der Waals surface area contributed by atoms with E-state index in [-0.39, 0.29) is 5.75 Å².